The number of carboxylic acids is 1. The molecule has 2 rings (SSSR count). The molecule has 0 radical (unpaired) electrons. The number of para-hydroxylation sites is 1. The largest absolute Gasteiger partial charge is 0.481 e. The fourth-order valence-corrected chi connectivity index (χ4v) is 1.92. The van der Waals surface area contributed by atoms with Gasteiger partial charge in [-0.3, -0.25) is 14.3 Å². The molecule has 1 aromatic heterocycles. The number of nitrogens with one attached hydrogen (secondary N) is 1. The van der Waals surface area contributed by atoms with Gasteiger partial charge in [-0.2, -0.15) is 5.10 Å². The summed E-state index contributed by atoms with van der Waals surface area (Å²) in [4.78, 5) is 23.0. The van der Waals surface area contributed by atoms with E-state index < -0.39 is 17.9 Å². The van der Waals surface area contributed by atoms with E-state index in [1.54, 1.807) is 42.2 Å². The Morgan fingerprint density at radius 2 is 2.14 bits per heavy atom. The number of carbonyl (C=O) groups excluding carboxylic acids is 1. The van der Waals surface area contributed by atoms with Gasteiger partial charge in [-0.25, -0.2) is 0 Å². The van der Waals surface area contributed by atoms with E-state index in [1.807, 2.05) is 0 Å². The predicted octanol–water partition coefficient (Wildman–Crippen LogP) is 0.686. The van der Waals surface area contributed by atoms with Crippen LogP contribution in [0.4, 0.5) is 5.69 Å². The number of benzene rings is 1. The molecule has 0 fully saturated rings. The third-order valence-electron chi connectivity index (χ3n) is 2.98. The summed E-state index contributed by atoms with van der Waals surface area (Å²) in [6.07, 6.45) is 3.01. The summed E-state index contributed by atoms with van der Waals surface area (Å²) in [5.74, 6) is -1.38. The van der Waals surface area contributed by atoms with Gasteiger partial charge >= 0.3 is 5.97 Å². The van der Waals surface area contributed by atoms with Gasteiger partial charge in [0, 0.05) is 24.5 Å². The standard InChI is InChI=1S/C14H16N4O3/c1-18-8-10(7-16-18)13(15)14(21)17-11-5-3-2-4-9(11)6-12(19)20/h2-5,7-8,13H,6,15H2,1H3,(H,17,21)(H,19,20). The summed E-state index contributed by atoms with van der Waals surface area (Å²) in [6.45, 7) is 0. The lowest BCUT2D eigenvalue weighted by Gasteiger charge is -2.13. The van der Waals surface area contributed by atoms with E-state index >= 15 is 0 Å². The van der Waals surface area contributed by atoms with Crippen molar-refractivity contribution in [1.29, 1.82) is 0 Å². The van der Waals surface area contributed by atoms with Crippen molar-refractivity contribution in [3.05, 3.63) is 47.8 Å². The lowest BCUT2D eigenvalue weighted by atomic mass is 10.1. The number of nitrogens with two attached hydrogens (primary N) is 1. The molecule has 0 aliphatic rings. The third kappa shape index (κ3) is 3.67. The van der Waals surface area contributed by atoms with E-state index in [0.717, 1.165) is 0 Å². The highest BCUT2D eigenvalue weighted by molar-refractivity contribution is 5.96. The van der Waals surface area contributed by atoms with Crippen molar-refractivity contribution < 1.29 is 14.7 Å². The van der Waals surface area contributed by atoms with Crippen molar-refractivity contribution in [2.75, 3.05) is 5.32 Å². The molecule has 2 aromatic rings. The Morgan fingerprint density at radius 1 is 1.43 bits per heavy atom. The van der Waals surface area contributed by atoms with Crippen LogP contribution in [0.15, 0.2) is 36.7 Å². The Labute approximate surface area is 121 Å². The molecular formula is C14H16N4O3. The third-order valence-corrected chi connectivity index (χ3v) is 2.98. The minimum Gasteiger partial charge on any atom is -0.481 e. The van der Waals surface area contributed by atoms with Gasteiger partial charge in [0.2, 0.25) is 5.91 Å². The van der Waals surface area contributed by atoms with Crippen LogP contribution in [0, 0.1) is 0 Å². The van der Waals surface area contributed by atoms with Gasteiger partial charge in [0.15, 0.2) is 0 Å². The van der Waals surface area contributed by atoms with Crippen LogP contribution in [-0.2, 0) is 23.1 Å². The Hall–Kier alpha value is -2.67. The van der Waals surface area contributed by atoms with Crippen LogP contribution in [-0.4, -0.2) is 26.8 Å². The van der Waals surface area contributed by atoms with E-state index in [1.165, 1.54) is 6.20 Å². The van der Waals surface area contributed by atoms with E-state index in [0.29, 0.717) is 16.8 Å². The SMILES string of the molecule is Cn1cc(C(N)C(=O)Nc2ccccc2CC(=O)O)cn1. The molecule has 1 atom stereocenters. The van der Waals surface area contributed by atoms with Crippen molar-refractivity contribution >= 4 is 17.6 Å². The molecule has 4 N–H and O–H groups in total. The summed E-state index contributed by atoms with van der Waals surface area (Å²) in [5.41, 5.74) is 7.43. The number of aryl methyl sites for hydroxylation is 1. The quantitative estimate of drug-likeness (QED) is 0.749. The summed E-state index contributed by atoms with van der Waals surface area (Å²) in [7, 11) is 1.73. The normalized spacial score (nSPS) is 11.9. The smallest absolute Gasteiger partial charge is 0.307 e. The van der Waals surface area contributed by atoms with Crippen molar-refractivity contribution in [3.63, 3.8) is 0 Å². The molecule has 1 heterocycles. The molecule has 1 unspecified atom stereocenters. The molecular weight excluding hydrogens is 272 g/mol. The van der Waals surface area contributed by atoms with Gasteiger partial charge in [-0.1, -0.05) is 18.2 Å². The Bertz CT molecular complexity index is 666. The molecule has 0 saturated carbocycles. The fraction of sp³-hybridized carbons (Fsp3) is 0.214. The molecule has 0 aliphatic carbocycles. The summed E-state index contributed by atoms with van der Waals surface area (Å²) >= 11 is 0. The molecule has 0 bridgehead atoms. The molecule has 7 heteroatoms. The first-order valence-corrected chi connectivity index (χ1v) is 6.32. The fourth-order valence-electron chi connectivity index (χ4n) is 1.92. The average Bonchev–Trinajstić information content (AvgIpc) is 2.86. The van der Waals surface area contributed by atoms with Crippen LogP contribution in [0.3, 0.4) is 0 Å². The van der Waals surface area contributed by atoms with Gasteiger partial charge < -0.3 is 16.2 Å². The van der Waals surface area contributed by atoms with Gasteiger partial charge in [-0.05, 0) is 11.6 Å². The van der Waals surface area contributed by atoms with Crippen molar-refractivity contribution in [3.8, 4) is 0 Å². The number of carboxylic acid groups (broad SMARTS) is 1. The molecule has 110 valence electrons. The second-order valence-corrected chi connectivity index (χ2v) is 4.64. The molecule has 1 aromatic carbocycles. The molecule has 0 aliphatic heterocycles. The van der Waals surface area contributed by atoms with Crippen LogP contribution in [0.2, 0.25) is 0 Å². The number of hydrogen-bond acceptors (Lipinski definition) is 4. The van der Waals surface area contributed by atoms with Gasteiger partial charge in [0.1, 0.15) is 6.04 Å². The lowest BCUT2D eigenvalue weighted by molar-refractivity contribution is -0.136. The molecule has 1 amide bonds. The second-order valence-electron chi connectivity index (χ2n) is 4.64. The maximum absolute atomic E-state index is 12.1. The zero-order valence-corrected chi connectivity index (χ0v) is 11.5. The summed E-state index contributed by atoms with van der Waals surface area (Å²) in [6, 6.07) is 5.87. The van der Waals surface area contributed by atoms with Crippen LogP contribution in [0.25, 0.3) is 0 Å². The zero-order chi connectivity index (χ0) is 15.4. The molecule has 0 saturated heterocycles. The average molecular weight is 288 g/mol. The van der Waals surface area contributed by atoms with Gasteiger partial charge in [0.05, 0.1) is 12.6 Å². The van der Waals surface area contributed by atoms with Gasteiger partial charge in [-0.15, -0.1) is 0 Å². The number of aromatic nitrogens is 2. The summed E-state index contributed by atoms with van der Waals surface area (Å²) < 4.78 is 1.56. The Kier molecular flexibility index (Phi) is 4.34. The van der Waals surface area contributed by atoms with E-state index in [4.69, 9.17) is 10.8 Å². The highest BCUT2D eigenvalue weighted by Gasteiger charge is 2.18. The summed E-state index contributed by atoms with van der Waals surface area (Å²) in [5, 5.41) is 15.5. The van der Waals surface area contributed by atoms with Crippen molar-refractivity contribution in [1.82, 2.24) is 9.78 Å². The maximum Gasteiger partial charge on any atom is 0.307 e. The number of rotatable bonds is 5. The highest BCUT2D eigenvalue weighted by atomic mass is 16.4. The van der Waals surface area contributed by atoms with Gasteiger partial charge in [0.25, 0.3) is 0 Å². The van der Waals surface area contributed by atoms with Crippen LogP contribution in [0.1, 0.15) is 17.2 Å². The number of nitrogens with zero attached hydrogens (tertiary/aromatic N) is 2. The van der Waals surface area contributed by atoms with E-state index in [9.17, 15) is 9.59 Å². The lowest BCUT2D eigenvalue weighted by Crippen LogP contribution is -2.28. The second kappa shape index (κ2) is 6.19. The first kappa shape index (κ1) is 14.7. The highest BCUT2D eigenvalue weighted by Crippen LogP contribution is 2.18. The number of amides is 1. The Morgan fingerprint density at radius 3 is 2.76 bits per heavy atom. The number of anilines is 1. The maximum atomic E-state index is 12.1. The molecule has 0 spiro atoms. The van der Waals surface area contributed by atoms with Crippen molar-refractivity contribution in [2.45, 2.75) is 12.5 Å². The number of hydrogen-bond donors (Lipinski definition) is 3. The topological polar surface area (TPSA) is 110 Å². The number of aliphatic carboxylic acids is 1. The predicted molar refractivity (Wildman–Crippen MR) is 76.5 cm³/mol. The van der Waals surface area contributed by atoms with Crippen LogP contribution < -0.4 is 11.1 Å². The first-order chi connectivity index (χ1) is 9.97. The minimum atomic E-state index is -0.965. The minimum absolute atomic E-state index is 0.168. The van der Waals surface area contributed by atoms with E-state index in [-0.39, 0.29) is 6.42 Å². The Balaban J connectivity index is 2.14. The number of carbonyl (C=O) groups is 2. The zero-order valence-electron chi connectivity index (χ0n) is 11.5. The molecule has 7 nitrogen and oxygen atoms in total. The van der Waals surface area contributed by atoms with Crippen LogP contribution >= 0.6 is 0 Å². The monoisotopic (exact) mass is 288 g/mol. The van der Waals surface area contributed by atoms with Crippen molar-refractivity contribution in [2.24, 2.45) is 12.8 Å². The van der Waals surface area contributed by atoms with Crippen LogP contribution in [0.5, 0.6) is 0 Å². The molecule has 21 heavy (non-hydrogen) atoms. The first-order valence-electron chi connectivity index (χ1n) is 6.32. The van der Waals surface area contributed by atoms with E-state index in [2.05, 4.69) is 10.4 Å².